The summed E-state index contributed by atoms with van der Waals surface area (Å²) >= 11 is 3.51. The molecule has 0 aliphatic rings. The van der Waals surface area contributed by atoms with Crippen LogP contribution in [0.25, 0.3) is 0 Å². The lowest BCUT2D eigenvalue weighted by Crippen LogP contribution is -2.10. The number of hydrogen-bond acceptors (Lipinski definition) is 3. The van der Waals surface area contributed by atoms with Gasteiger partial charge in [0.1, 0.15) is 15.6 Å². The topological polar surface area (TPSA) is 43.4 Å². The Labute approximate surface area is 124 Å². The Morgan fingerprint density at radius 1 is 1.26 bits per heavy atom. The van der Waals surface area contributed by atoms with Crippen molar-refractivity contribution in [1.29, 1.82) is 0 Å². The van der Waals surface area contributed by atoms with Crippen LogP contribution in [0.3, 0.4) is 0 Å². The van der Waals surface area contributed by atoms with Crippen LogP contribution in [0.1, 0.15) is 18.4 Å². The van der Waals surface area contributed by atoms with Crippen LogP contribution in [-0.4, -0.2) is 32.9 Å². The van der Waals surface area contributed by atoms with Crippen LogP contribution in [0, 0.1) is 5.92 Å². The third-order valence-electron chi connectivity index (χ3n) is 3.03. The van der Waals surface area contributed by atoms with Gasteiger partial charge in [-0.3, -0.25) is 0 Å². The molecule has 0 bridgehead atoms. The maximum absolute atomic E-state index is 11.1. The van der Waals surface area contributed by atoms with E-state index < -0.39 is 9.84 Å². The van der Waals surface area contributed by atoms with Crippen molar-refractivity contribution in [2.45, 2.75) is 19.3 Å². The molecule has 0 N–H and O–H groups in total. The van der Waals surface area contributed by atoms with E-state index >= 15 is 0 Å². The third kappa shape index (κ3) is 6.97. The van der Waals surface area contributed by atoms with Crippen LogP contribution in [0.4, 0.5) is 0 Å². The van der Waals surface area contributed by atoms with Crippen LogP contribution in [0.2, 0.25) is 0 Å². The molecule has 1 unspecified atom stereocenters. The summed E-state index contributed by atoms with van der Waals surface area (Å²) in [5.41, 5.74) is 1.25. The minimum atomic E-state index is -2.84. The number of alkyl halides is 1. The molecule has 0 aliphatic heterocycles. The highest BCUT2D eigenvalue weighted by Crippen LogP contribution is 2.19. The van der Waals surface area contributed by atoms with E-state index in [-0.39, 0.29) is 5.75 Å². The first-order chi connectivity index (χ1) is 8.94. The van der Waals surface area contributed by atoms with E-state index in [1.807, 2.05) is 12.1 Å². The molecule has 0 amide bonds. The van der Waals surface area contributed by atoms with Crippen molar-refractivity contribution >= 4 is 25.8 Å². The van der Waals surface area contributed by atoms with E-state index in [1.54, 1.807) is 7.11 Å². The maximum Gasteiger partial charge on any atom is 0.147 e. The Balaban J connectivity index is 2.46. The largest absolute Gasteiger partial charge is 0.497 e. The molecule has 0 aliphatic carbocycles. The fourth-order valence-electron chi connectivity index (χ4n) is 1.96. The zero-order valence-electron chi connectivity index (χ0n) is 11.4. The summed E-state index contributed by atoms with van der Waals surface area (Å²) < 4.78 is 27.3. The second-order valence-electron chi connectivity index (χ2n) is 4.84. The van der Waals surface area contributed by atoms with Gasteiger partial charge in [0.25, 0.3) is 0 Å². The van der Waals surface area contributed by atoms with Gasteiger partial charge in [0.2, 0.25) is 0 Å². The van der Waals surface area contributed by atoms with Crippen LogP contribution >= 0.6 is 15.9 Å². The Kier molecular flexibility index (Phi) is 6.86. The van der Waals surface area contributed by atoms with Gasteiger partial charge in [-0.1, -0.05) is 28.1 Å². The van der Waals surface area contributed by atoms with Crippen LogP contribution in [0.15, 0.2) is 24.3 Å². The Morgan fingerprint density at radius 2 is 1.89 bits per heavy atom. The lowest BCUT2D eigenvalue weighted by atomic mass is 9.97. The summed E-state index contributed by atoms with van der Waals surface area (Å²) in [5.74, 6) is 1.60. The van der Waals surface area contributed by atoms with Gasteiger partial charge in [-0.25, -0.2) is 8.42 Å². The van der Waals surface area contributed by atoms with Gasteiger partial charge < -0.3 is 4.74 Å². The average Bonchev–Trinajstić information content (AvgIpc) is 2.37. The predicted octanol–water partition coefficient (Wildman–Crippen LogP) is 3.07. The number of rotatable bonds is 8. The van der Waals surface area contributed by atoms with Crippen molar-refractivity contribution in [1.82, 2.24) is 0 Å². The van der Waals surface area contributed by atoms with Crippen molar-refractivity contribution in [3.8, 4) is 5.75 Å². The molecular weight excluding hydrogens is 328 g/mol. The summed E-state index contributed by atoms with van der Waals surface area (Å²) in [6.07, 6.45) is 3.90. The third-order valence-corrected chi connectivity index (χ3v) is 4.98. The van der Waals surface area contributed by atoms with Crippen molar-refractivity contribution in [3.05, 3.63) is 29.8 Å². The zero-order valence-corrected chi connectivity index (χ0v) is 13.8. The molecule has 0 aromatic heterocycles. The number of hydrogen-bond donors (Lipinski definition) is 0. The quantitative estimate of drug-likeness (QED) is 0.678. The van der Waals surface area contributed by atoms with E-state index in [1.165, 1.54) is 11.8 Å². The lowest BCUT2D eigenvalue weighted by Gasteiger charge is -2.14. The first kappa shape index (κ1) is 16.5. The van der Waals surface area contributed by atoms with Crippen molar-refractivity contribution in [2.75, 3.05) is 24.4 Å². The second-order valence-corrected chi connectivity index (χ2v) is 7.75. The first-order valence-electron chi connectivity index (χ1n) is 6.31. The minimum Gasteiger partial charge on any atom is -0.497 e. The Hall–Kier alpha value is -0.550. The Morgan fingerprint density at radius 3 is 2.37 bits per heavy atom. The maximum atomic E-state index is 11.1. The van der Waals surface area contributed by atoms with Gasteiger partial charge in [-0.2, -0.15) is 0 Å². The molecule has 5 heteroatoms. The summed E-state index contributed by atoms with van der Waals surface area (Å²) in [5, 5.41) is 0.892. The molecular formula is C14H21BrO3S. The zero-order chi connectivity index (χ0) is 14.3. The van der Waals surface area contributed by atoms with E-state index in [9.17, 15) is 8.42 Å². The molecule has 1 atom stereocenters. The fraction of sp³-hybridized carbons (Fsp3) is 0.571. The second kappa shape index (κ2) is 7.90. The normalized spacial score (nSPS) is 13.2. The highest BCUT2D eigenvalue weighted by Gasteiger charge is 2.10. The van der Waals surface area contributed by atoms with E-state index in [0.717, 1.165) is 30.3 Å². The lowest BCUT2D eigenvalue weighted by molar-refractivity contribution is 0.414. The molecule has 0 saturated heterocycles. The molecule has 0 fully saturated rings. The van der Waals surface area contributed by atoms with E-state index in [0.29, 0.717) is 5.92 Å². The number of methoxy groups -OCH3 is 1. The summed E-state index contributed by atoms with van der Waals surface area (Å²) in [6.45, 7) is 0. The van der Waals surface area contributed by atoms with Gasteiger partial charge in [0.05, 0.1) is 7.11 Å². The van der Waals surface area contributed by atoms with Gasteiger partial charge >= 0.3 is 0 Å². The van der Waals surface area contributed by atoms with Crippen LogP contribution < -0.4 is 4.74 Å². The molecule has 0 saturated carbocycles. The standard InChI is InChI=1S/C14H21BrO3S/c1-18-14-7-5-12(6-8-14)10-13(11-15)4-3-9-19(2,16)17/h5-8,13H,3-4,9-11H2,1-2H3. The highest BCUT2D eigenvalue weighted by molar-refractivity contribution is 9.09. The van der Waals surface area contributed by atoms with Crippen molar-refractivity contribution in [3.63, 3.8) is 0 Å². The number of benzene rings is 1. The van der Waals surface area contributed by atoms with Crippen molar-refractivity contribution in [2.24, 2.45) is 5.92 Å². The van der Waals surface area contributed by atoms with Crippen molar-refractivity contribution < 1.29 is 13.2 Å². The first-order valence-corrected chi connectivity index (χ1v) is 9.49. The van der Waals surface area contributed by atoms with E-state index in [4.69, 9.17) is 4.74 Å². The molecule has 0 spiro atoms. The number of sulfone groups is 1. The van der Waals surface area contributed by atoms with Gasteiger partial charge in [-0.05, 0) is 42.9 Å². The SMILES string of the molecule is COc1ccc(CC(CBr)CCCS(C)(=O)=O)cc1. The monoisotopic (exact) mass is 348 g/mol. The molecule has 1 rings (SSSR count). The van der Waals surface area contributed by atoms with Gasteiger partial charge in [0.15, 0.2) is 0 Å². The van der Waals surface area contributed by atoms with Crippen LogP contribution in [-0.2, 0) is 16.3 Å². The Bertz CT molecular complexity index is 468. The minimum absolute atomic E-state index is 0.277. The summed E-state index contributed by atoms with van der Waals surface area (Å²) in [6, 6.07) is 8.03. The highest BCUT2D eigenvalue weighted by atomic mass is 79.9. The number of ether oxygens (including phenoxy) is 1. The number of halogens is 1. The summed E-state index contributed by atoms with van der Waals surface area (Å²) in [7, 11) is -1.19. The fourth-order valence-corrected chi connectivity index (χ4v) is 3.21. The molecule has 19 heavy (non-hydrogen) atoms. The predicted molar refractivity (Wildman–Crippen MR) is 82.9 cm³/mol. The summed E-state index contributed by atoms with van der Waals surface area (Å²) in [4.78, 5) is 0. The molecule has 1 aromatic rings. The molecule has 3 nitrogen and oxygen atoms in total. The van der Waals surface area contributed by atoms with Gasteiger partial charge in [0, 0.05) is 17.3 Å². The molecule has 0 heterocycles. The molecule has 108 valence electrons. The average molecular weight is 349 g/mol. The van der Waals surface area contributed by atoms with Crippen LogP contribution in [0.5, 0.6) is 5.75 Å². The molecule has 1 aromatic carbocycles. The van der Waals surface area contributed by atoms with Gasteiger partial charge in [-0.15, -0.1) is 0 Å². The smallest absolute Gasteiger partial charge is 0.147 e. The van der Waals surface area contributed by atoms with E-state index in [2.05, 4.69) is 28.1 Å². The molecule has 0 radical (unpaired) electrons.